The predicted octanol–water partition coefficient (Wildman–Crippen LogP) is 1.91. The first-order valence-electron chi connectivity index (χ1n) is 7.60. The van der Waals surface area contributed by atoms with Crippen LogP contribution in [0.15, 0.2) is 18.2 Å². The van der Waals surface area contributed by atoms with Crippen LogP contribution in [0.25, 0.3) is 0 Å². The average Bonchev–Trinajstić information content (AvgIpc) is 2.53. The highest BCUT2D eigenvalue weighted by atomic mass is 16.5. The van der Waals surface area contributed by atoms with Crippen LogP contribution in [0, 0.1) is 0 Å². The highest BCUT2D eigenvalue weighted by molar-refractivity contribution is 5.98. The van der Waals surface area contributed by atoms with Gasteiger partial charge in [0.25, 0.3) is 0 Å². The Hall–Kier alpha value is -2.08. The molecule has 1 aromatic rings. The fourth-order valence-electron chi connectivity index (χ4n) is 2.29. The van der Waals surface area contributed by atoms with Crippen molar-refractivity contribution < 1.29 is 19.4 Å². The molecule has 6 heteroatoms. The molecule has 0 bridgehead atoms. The second-order valence-corrected chi connectivity index (χ2v) is 5.34. The van der Waals surface area contributed by atoms with Crippen molar-refractivity contribution in [3.63, 3.8) is 0 Å². The molecule has 1 aromatic carbocycles. The van der Waals surface area contributed by atoms with Crippen molar-refractivity contribution in [1.82, 2.24) is 5.32 Å². The van der Waals surface area contributed by atoms with Gasteiger partial charge in [0.2, 0.25) is 0 Å². The minimum absolute atomic E-state index is 0.0162. The van der Waals surface area contributed by atoms with Crippen LogP contribution in [0.1, 0.15) is 36.5 Å². The lowest BCUT2D eigenvalue weighted by Crippen LogP contribution is -2.30. The number of anilines is 1. The highest BCUT2D eigenvalue weighted by Gasteiger charge is 2.18. The van der Waals surface area contributed by atoms with Crippen LogP contribution in [0.5, 0.6) is 5.75 Å². The largest absolute Gasteiger partial charge is 0.486 e. The Morgan fingerprint density at radius 2 is 2.27 bits per heavy atom. The predicted molar refractivity (Wildman–Crippen MR) is 83.7 cm³/mol. The zero-order chi connectivity index (χ0) is 15.9. The third-order valence-corrected chi connectivity index (χ3v) is 3.60. The number of hydrogen-bond acceptors (Lipinski definition) is 5. The molecule has 0 fully saturated rings. The second kappa shape index (κ2) is 7.79. The third kappa shape index (κ3) is 4.46. The summed E-state index contributed by atoms with van der Waals surface area (Å²) in [7, 11) is 0. The summed E-state index contributed by atoms with van der Waals surface area (Å²) in [6.45, 7) is 3.54. The van der Waals surface area contributed by atoms with Crippen LogP contribution in [0.3, 0.4) is 0 Å². The number of Topliss-reactive ketones (excluding diaryl/α,β-unsaturated/α-hetero) is 1. The van der Waals surface area contributed by atoms with Gasteiger partial charge in [-0.3, -0.25) is 9.59 Å². The standard InChI is InChI=1S/C16H22N2O4/c1-2-12-9-18-13-8-11(5-6-15(13)22-12)14(19)10-17-7-3-4-16(20)21/h5-6,8,12,17-18H,2-4,7,9-10H2,1H3,(H,20,21). The molecule has 1 atom stereocenters. The van der Waals surface area contributed by atoms with E-state index in [1.807, 2.05) is 12.1 Å². The maximum Gasteiger partial charge on any atom is 0.303 e. The van der Waals surface area contributed by atoms with E-state index in [9.17, 15) is 9.59 Å². The van der Waals surface area contributed by atoms with E-state index in [-0.39, 0.29) is 24.9 Å². The van der Waals surface area contributed by atoms with Gasteiger partial charge >= 0.3 is 5.97 Å². The molecule has 0 saturated heterocycles. The summed E-state index contributed by atoms with van der Waals surface area (Å²) >= 11 is 0. The Kier molecular flexibility index (Phi) is 5.77. The number of ketones is 1. The summed E-state index contributed by atoms with van der Waals surface area (Å²) in [4.78, 5) is 22.5. The van der Waals surface area contributed by atoms with Crippen LogP contribution in [0.4, 0.5) is 5.69 Å². The number of carbonyl (C=O) groups is 2. The molecular weight excluding hydrogens is 284 g/mol. The van der Waals surface area contributed by atoms with Crippen LogP contribution >= 0.6 is 0 Å². The van der Waals surface area contributed by atoms with Crippen molar-refractivity contribution in [2.24, 2.45) is 0 Å². The first-order chi connectivity index (χ1) is 10.6. The fourth-order valence-corrected chi connectivity index (χ4v) is 2.29. The van der Waals surface area contributed by atoms with Gasteiger partial charge in [0.15, 0.2) is 5.78 Å². The summed E-state index contributed by atoms with van der Waals surface area (Å²) in [6, 6.07) is 5.39. The summed E-state index contributed by atoms with van der Waals surface area (Å²) < 4.78 is 5.81. The Morgan fingerprint density at radius 3 is 3.00 bits per heavy atom. The number of rotatable bonds is 8. The van der Waals surface area contributed by atoms with Crippen molar-refractivity contribution in [1.29, 1.82) is 0 Å². The van der Waals surface area contributed by atoms with Gasteiger partial charge < -0.3 is 20.5 Å². The molecule has 0 aliphatic carbocycles. The van der Waals surface area contributed by atoms with E-state index in [1.165, 1.54) is 0 Å². The first kappa shape index (κ1) is 16.3. The molecule has 22 heavy (non-hydrogen) atoms. The van der Waals surface area contributed by atoms with E-state index >= 15 is 0 Å². The Morgan fingerprint density at radius 1 is 1.45 bits per heavy atom. The number of benzene rings is 1. The summed E-state index contributed by atoms with van der Waals surface area (Å²) in [5.74, 6) is -0.0547. The maximum absolute atomic E-state index is 12.1. The van der Waals surface area contributed by atoms with Crippen LogP contribution in [-0.4, -0.2) is 42.6 Å². The Bertz CT molecular complexity index is 545. The molecule has 3 N–H and O–H groups in total. The van der Waals surface area contributed by atoms with Crippen LogP contribution < -0.4 is 15.4 Å². The van der Waals surface area contributed by atoms with E-state index < -0.39 is 5.97 Å². The lowest BCUT2D eigenvalue weighted by Gasteiger charge is -2.26. The number of carboxylic acid groups (broad SMARTS) is 1. The average molecular weight is 306 g/mol. The Balaban J connectivity index is 1.85. The smallest absolute Gasteiger partial charge is 0.303 e. The van der Waals surface area contributed by atoms with Gasteiger partial charge in [-0.05, 0) is 37.6 Å². The second-order valence-electron chi connectivity index (χ2n) is 5.34. The monoisotopic (exact) mass is 306 g/mol. The van der Waals surface area contributed by atoms with Crippen molar-refractivity contribution in [2.75, 3.05) is 25.0 Å². The molecule has 6 nitrogen and oxygen atoms in total. The van der Waals surface area contributed by atoms with Gasteiger partial charge in [-0.2, -0.15) is 0 Å². The normalized spacial score (nSPS) is 16.3. The molecule has 0 spiro atoms. The maximum atomic E-state index is 12.1. The molecule has 0 amide bonds. The molecule has 2 rings (SSSR count). The van der Waals surface area contributed by atoms with Crippen LogP contribution in [0.2, 0.25) is 0 Å². The number of aliphatic carboxylic acids is 1. The van der Waals surface area contributed by atoms with E-state index in [4.69, 9.17) is 9.84 Å². The molecule has 1 unspecified atom stereocenters. The molecule has 1 heterocycles. The summed E-state index contributed by atoms with van der Waals surface area (Å²) in [5, 5.41) is 14.8. The lowest BCUT2D eigenvalue weighted by atomic mass is 10.1. The van der Waals surface area contributed by atoms with E-state index in [0.29, 0.717) is 18.5 Å². The van der Waals surface area contributed by atoms with Crippen molar-refractivity contribution in [3.8, 4) is 5.75 Å². The lowest BCUT2D eigenvalue weighted by molar-refractivity contribution is -0.137. The van der Waals surface area contributed by atoms with Gasteiger partial charge in [-0.25, -0.2) is 0 Å². The minimum Gasteiger partial charge on any atom is -0.486 e. The molecule has 0 aromatic heterocycles. The number of nitrogens with one attached hydrogen (secondary N) is 2. The van der Waals surface area contributed by atoms with Crippen molar-refractivity contribution in [2.45, 2.75) is 32.3 Å². The zero-order valence-corrected chi connectivity index (χ0v) is 12.7. The molecule has 1 aliphatic rings. The molecule has 0 saturated carbocycles. The zero-order valence-electron chi connectivity index (χ0n) is 12.7. The van der Waals surface area contributed by atoms with Gasteiger partial charge in [0, 0.05) is 12.0 Å². The SMILES string of the molecule is CCC1CNc2cc(C(=O)CNCCCC(=O)O)ccc2O1. The fraction of sp³-hybridized carbons (Fsp3) is 0.500. The topological polar surface area (TPSA) is 87.7 Å². The number of hydrogen-bond donors (Lipinski definition) is 3. The van der Waals surface area contributed by atoms with Gasteiger partial charge in [-0.15, -0.1) is 0 Å². The highest BCUT2D eigenvalue weighted by Crippen LogP contribution is 2.30. The van der Waals surface area contributed by atoms with E-state index in [0.717, 1.165) is 24.4 Å². The quantitative estimate of drug-likeness (QED) is 0.502. The minimum atomic E-state index is -0.820. The summed E-state index contributed by atoms with van der Waals surface area (Å²) in [6.07, 6.45) is 1.73. The van der Waals surface area contributed by atoms with Crippen molar-refractivity contribution >= 4 is 17.4 Å². The Labute approximate surface area is 129 Å². The van der Waals surface area contributed by atoms with Crippen molar-refractivity contribution in [3.05, 3.63) is 23.8 Å². The molecule has 1 aliphatic heterocycles. The van der Waals surface area contributed by atoms with Gasteiger partial charge in [0.05, 0.1) is 18.8 Å². The van der Waals surface area contributed by atoms with Crippen LogP contribution in [-0.2, 0) is 4.79 Å². The first-order valence-corrected chi connectivity index (χ1v) is 7.60. The number of fused-ring (bicyclic) bond motifs is 1. The number of ether oxygens (including phenoxy) is 1. The number of carbonyl (C=O) groups excluding carboxylic acids is 1. The molecular formula is C16H22N2O4. The summed E-state index contributed by atoms with van der Waals surface area (Å²) in [5.41, 5.74) is 1.47. The van der Waals surface area contributed by atoms with Gasteiger partial charge in [-0.1, -0.05) is 6.92 Å². The molecule has 120 valence electrons. The number of carboxylic acids is 1. The van der Waals surface area contributed by atoms with E-state index in [2.05, 4.69) is 17.6 Å². The third-order valence-electron chi connectivity index (χ3n) is 3.60. The molecule has 0 radical (unpaired) electrons. The van der Waals surface area contributed by atoms with E-state index in [1.54, 1.807) is 6.07 Å². The van der Waals surface area contributed by atoms with Gasteiger partial charge in [0.1, 0.15) is 11.9 Å².